The van der Waals surface area contributed by atoms with Gasteiger partial charge >= 0.3 is 0 Å². The Balaban J connectivity index is 1.62. The first-order valence-electron chi connectivity index (χ1n) is 8.17. The van der Waals surface area contributed by atoms with E-state index in [2.05, 4.69) is 15.6 Å². The van der Waals surface area contributed by atoms with Gasteiger partial charge in [0.25, 0.3) is 0 Å². The molecule has 0 bridgehead atoms. The largest absolute Gasteiger partial charge is 0.323 e. The Morgan fingerprint density at radius 2 is 2.09 bits per heavy atom. The second-order valence-corrected chi connectivity index (χ2v) is 7.06. The lowest BCUT2D eigenvalue weighted by molar-refractivity contribution is 0.0903. The van der Waals surface area contributed by atoms with Crippen molar-refractivity contribution in [2.45, 2.75) is 56.7 Å². The Kier molecular flexibility index (Phi) is 3.48. The van der Waals surface area contributed by atoms with E-state index in [9.17, 15) is 4.39 Å². The molecule has 1 saturated carbocycles. The van der Waals surface area contributed by atoms with Crippen LogP contribution in [0.1, 0.15) is 56.6 Å². The van der Waals surface area contributed by atoms with Gasteiger partial charge in [-0.15, -0.1) is 0 Å². The summed E-state index contributed by atoms with van der Waals surface area (Å²) in [6.45, 7) is 0. The molecule has 4 heteroatoms. The van der Waals surface area contributed by atoms with Gasteiger partial charge < -0.3 is 4.57 Å². The Labute approximate surface area is 135 Å². The molecule has 1 atom stereocenters. The average Bonchev–Trinajstić information content (AvgIpc) is 3.08. The Hall–Kier alpha value is -1.35. The molecule has 0 N–H and O–H groups in total. The van der Waals surface area contributed by atoms with Gasteiger partial charge in [-0.1, -0.05) is 43.0 Å². The number of imidazole rings is 1. The fraction of sp³-hybridized carbons (Fsp3) is 0.500. The molecular formula is C18H20ClFN2. The van der Waals surface area contributed by atoms with Crippen molar-refractivity contribution in [2.24, 2.45) is 0 Å². The van der Waals surface area contributed by atoms with Crippen molar-refractivity contribution in [2.75, 3.05) is 0 Å². The highest BCUT2D eigenvalue weighted by molar-refractivity contribution is 6.32. The minimum Gasteiger partial charge on any atom is -0.323 e. The first-order valence-corrected chi connectivity index (χ1v) is 8.55. The number of hydrogen-bond acceptors (Lipinski definition) is 1. The topological polar surface area (TPSA) is 17.8 Å². The second-order valence-electron chi connectivity index (χ2n) is 6.65. The molecule has 1 fully saturated rings. The van der Waals surface area contributed by atoms with E-state index in [1.54, 1.807) is 0 Å². The molecule has 1 aromatic carbocycles. The molecule has 2 nitrogen and oxygen atoms in total. The maximum absolute atomic E-state index is 14.9. The summed E-state index contributed by atoms with van der Waals surface area (Å²) in [5, 5.41) is 0.780. The van der Waals surface area contributed by atoms with Gasteiger partial charge in [0.1, 0.15) is 5.67 Å². The van der Waals surface area contributed by atoms with Gasteiger partial charge in [-0.2, -0.15) is 0 Å². The van der Waals surface area contributed by atoms with Gasteiger partial charge in [-0.05, 0) is 31.7 Å². The number of alkyl halides is 1. The number of hydrogen-bond donors (Lipinski definition) is 0. The van der Waals surface area contributed by atoms with Gasteiger partial charge in [0, 0.05) is 16.1 Å². The zero-order valence-electron chi connectivity index (χ0n) is 12.6. The van der Waals surface area contributed by atoms with Crippen LogP contribution in [0.15, 0.2) is 30.7 Å². The third-order valence-corrected chi connectivity index (χ3v) is 5.61. The summed E-state index contributed by atoms with van der Waals surface area (Å²) >= 11 is 6.44. The fourth-order valence-corrected chi connectivity index (χ4v) is 4.41. The smallest absolute Gasteiger partial charge is 0.111 e. The maximum Gasteiger partial charge on any atom is 0.111 e. The SMILES string of the molecule is FC1(CCC2c3c(Cl)cccc3-c3cncn32)CCCCC1. The number of nitrogens with zero attached hydrogens (tertiary/aromatic N) is 2. The van der Waals surface area contributed by atoms with Crippen LogP contribution in [0.5, 0.6) is 0 Å². The van der Waals surface area contributed by atoms with Gasteiger partial charge in [0.2, 0.25) is 0 Å². The van der Waals surface area contributed by atoms with Crippen molar-refractivity contribution >= 4 is 11.6 Å². The molecule has 1 aliphatic heterocycles. The van der Waals surface area contributed by atoms with Crippen LogP contribution in [-0.2, 0) is 0 Å². The normalized spacial score (nSPS) is 22.4. The molecule has 2 aliphatic rings. The second kappa shape index (κ2) is 5.38. The van der Waals surface area contributed by atoms with E-state index < -0.39 is 5.67 Å². The molecule has 116 valence electrons. The Morgan fingerprint density at radius 1 is 1.27 bits per heavy atom. The van der Waals surface area contributed by atoms with Crippen LogP contribution in [0.25, 0.3) is 11.3 Å². The lowest BCUT2D eigenvalue weighted by atomic mass is 9.82. The van der Waals surface area contributed by atoms with Crippen molar-refractivity contribution in [3.05, 3.63) is 41.3 Å². The summed E-state index contributed by atoms with van der Waals surface area (Å²) in [5.74, 6) is 0. The first-order chi connectivity index (χ1) is 10.7. The van der Waals surface area contributed by atoms with E-state index in [1.807, 2.05) is 24.7 Å². The van der Waals surface area contributed by atoms with Crippen molar-refractivity contribution in [1.29, 1.82) is 0 Å². The zero-order valence-corrected chi connectivity index (χ0v) is 13.3. The molecule has 1 aliphatic carbocycles. The van der Waals surface area contributed by atoms with Crippen LogP contribution in [0.2, 0.25) is 5.02 Å². The Morgan fingerprint density at radius 3 is 2.91 bits per heavy atom. The van der Waals surface area contributed by atoms with E-state index in [0.29, 0.717) is 19.3 Å². The highest BCUT2D eigenvalue weighted by atomic mass is 35.5. The van der Waals surface area contributed by atoms with Crippen LogP contribution < -0.4 is 0 Å². The standard InChI is InChI=1S/C18H20ClFN2/c19-14-6-4-5-13-16-11-21-12-22(16)15(17(13)14)7-10-18(20)8-2-1-3-9-18/h4-6,11-12,15H,1-3,7-10H2. The predicted octanol–water partition coefficient (Wildman–Crippen LogP) is 5.56. The van der Waals surface area contributed by atoms with E-state index >= 15 is 0 Å². The van der Waals surface area contributed by atoms with E-state index in [0.717, 1.165) is 41.1 Å². The van der Waals surface area contributed by atoms with Crippen molar-refractivity contribution in [3.8, 4) is 11.3 Å². The summed E-state index contributed by atoms with van der Waals surface area (Å²) in [4.78, 5) is 4.26. The fourth-order valence-electron chi connectivity index (χ4n) is 4.11. The molecule has 2 heterocycles. The summed E-state index contributed by atoms with van der Waals surface area (Å²) in [6.07, 6.45) is 9.77. The summed E-state index contributed by atoms with van der Waals surface area (Å²) in [7, 11) is 0. The highest BCUT2D eigenvalue weighted by Crippen LogP contribution is 2.46. The third-order valence-electron chi connectivity index (χ3n) is 5.28. The monoisotopic (exact) mass is 318 g/mol. The summed E-state index contributed by atoms with van der Waals surface area (Å²) < 4.78 is 17.1. The summed E-state index contributed by atoms with van der Waals surface area (Å²) in [6, 6.07) is 6.11. The number of fused-ring (bicyclic) bond motifs is 3. The van der Waals surface area contributed by atoms with Gasteiger partial charge in [0.15, 0.2) is 0 Å². The van der Waals surface area contributed by atoms with E-state index in [1.165, 1.54) is 6.42 Å². The average molecular weight is 319 g/mol. The van der Waals surface area contributed by atoms with Crippen LogP contribution in [-0.4, -0.2) is 15.2 Å². The highest BCUT2D eigenvalue weighted by Gasteiger charge is 2.36. The van der Waals surface area contributed by atoms with Crippen LogP contribution in [0.3, 0.4) is 0 Å². The quantitative estimate of drug-likeness (QED) is 0.724. The molecule has 22 heavy (non-hydrogen) atoms. The van der Waals surface area contributed by atoms with Crippen LogP contribution in [0, 0.1) is 0 Å². The minimum atomic E-state index is -0.983. The van der Waals surface area contributed by atoms with Gasteiger partial charge in [-0.25, -0.2) is 9.37 Å². The van der Waals surface area contributed by atoms with Crippen molar-refractivity contribution in [1.82, 2.24) is 9.55 Å². The Bertz CT molecular complexity index is 688. The molecule has 0 amide bonds. The van der Waals surface area contributed by atoms with Crippen molar-refractivity contribution in [3.63, 3.8) is 0 Å². The number of rotatable bonds is 3. The molecule has 0 saturated heterocycles. The van der Waals surface area contributed by atoms with E-state index in [4.69, 9.17) is 11.6 Å². The van der Waals surface area contributed by atoms with E-state index in [-0.39, 0.29) is 6.04 Å². The zero-order chi connectivity index (χ0) is 15.2. The predicted molar refractivity (Wildman–Crippen MR) is 87.0 cm³/mol. The van der Waals surface area contributed by atoms with Crippen LogP contribution in [0.4, 0.5) is 4.39 Å². The molecule has 2 aromatic rings. The lowest BCUT2D eigenvalue weighted by Crippen LogP contribution is -2.27. The summed E-state index contributed by atoms with van der Waals surface area (Å²) in [5.41, 5.74) is 2.40. The molecule has 1 aromatic heterocycles. The van der Waals surface area contributed by atoms with Gasteiger partial charge in [0.05, 0.1) is 24.3 Å². The number of aromatic nitrogens is 2. The lowest BCUT2D eigenvalue weighted by Gasteiger charge is -2.30. The van der Waals surface area contributed by atoms with Crippen molar-refractivity contribution < 1.29 is 4.39 Å². The maximum atomic E-state index is 14.9. The molecular weight excluding hydrogens is 299 g/mol. The minimum absolute atomic E-state index is 0.121. The molecule has 0 radical (unpaired) electrons. The van der Waals surface area contributed by atoms with Crippen LogP contribution >= 0.6 is 11.6 Å². The number of halogens is 2. The van der Waals surface area contributed by atoms with Gasteiger partial charge in [-0.3, -0.25) is 0 Å². The number of benzene rings is 1. The third kappa shape index (κ3) is 2.26. The molecule has 1 unspecified atom stereocenters. The molecule has 4 rings (SSSR count). The molecule has 0 spiro atoms. The first kappa shape index (κ1) is 14.3.